The summed E-state index contributed by atoms with van der Waals surface area (Å²) in [6.45, 7) is 6.43. The summed E-state index contributed by atoms with van der Waals surface area (Å²) in [6.07, 6.45) is -2.23. The normalized spacial score (nSPS) is 15.8. The minimum atomic E-state index is -4.44. The van der Waals surface area contributed by atoms with Gasteiger partial charge in [0.2, 0.25) is 0 Å². The number of piperidine rings is 1. The highest BCUT2D eigenvalue weighted by molar-refractivity contribution is 5.67. The Morgan fingerprint density at radius 3 is 2.36 bits per heavy atom. The van der Waals surface area contributed by atoms with E-state index in [1.165, 1.54) is 6.07 Å². The van der Waals surface area contributed by atoms with E-state index < -0.39 is 23.4 Å². The van der Waals surface area contributed by atoms with Crippen molar-refractivity contribution in [3.63, 3.8) is 0 Å². The first-order valence-corrected chi connectivity index (χ1v) is 8.48. The molecule has 0 aliphatic carbocycles. The molecule has 0 spiro atoms. The molecule has 1 amide bonds. The zero-order valence-corrected chi connectivity index (χ0v) is 14.9. The molecule has 1 aromatic rings. The number of alkyl carbamates (subject to hydrolysis) is 1. The van der Waals surface area contributed by atoms with E-state index in [0.717, 1.165) is 25.3 Å². The number of hydrogen-bond acceptors (Lipinski definition) is 3. The van der Waals surface area contributed by atoms with Gasteiger partial charge in [0.15, 0.2) is 0 Å². The van der Waals surface area contributed by atoms with Crippen LogP contribution in [0.3, 0.4) is 0 Å². The topological polar surface area (TPSA) is 41.6 Å². The molecule has 2 rings (SSSR count). The number of nitrogens with one attached hydrogen (secondary N) is 1. The Labute approximate surface area is 146 Å². The van der Waals surface area contributed by atoms with Gasteiger partial charge in [-0.25, -0.2) is 4.79 Å². The fourth-order valence-corrected chi connectivity index (χ4v) is 2.82. The summed E-state index contributed by atoms with van der Waals surface area (Å²) >= 11 is 0. The molecule has 140 valence electrons. The summed E-state index contributed by atoms with van der Waals surface area (Å²) in [4.78, 5) is 13.5. The Morgan fingerprint density at radius 2 is 1.80 bits per heavy atom. The van der Waals surface area contributed by atoms with Crippen LogP contribution in [0.25, 0.3) is 0 Å². The molecule has 0 saturated carbocycles. The van der Waals surface area contributed by atoms with Crippen LogP contribution in [-0.4, -0.2) is 24.8 Å². The zero-order chi connectivity index (χ0) is 18.7. The molecule has 0 bridgehead atoms. The molecule has 4 nitrogen and oxygen atoms in total. The highest BCUT2D eigenvalue weighted by Gasteiger charge is 2.35. The lowest BCUT2D eigenvalue weighted by Gasteiger charge is -2.31. The largest absolute Gasteiger partial charge is 0.444 e. The van der Waals surface area contributed by atoms with Gasteiger partial charge in [0.05, 0.1) is 5.56 Å². The third-order valence-electron chi connectivity index (χ3n) is 3.90. The van der Waals surface area contributed by atoms with E-state index in [1.807, 2.05) is 0 Å². The lowest BCUT2D eigenvalue weighted by Crippen LogP contribution is -2.32. The molecule has 0 unspecified atom stereocenters. The Hall–Kier alpha value is -1.92. The van der Waals surface area contributed by atoms with Gasteiger partial charge >= 0.3 is 12.3 Å². The van der Waals surface area contributed by atoms with Crippen molar-refractivity contribution in [1.82, 2.24) is 5.32 Å². The molecule has 25 heavy (non-hydrogen) atoms. The summed E-state index contributed by atoms with van der Waals surface area (Å²) in [6, 6.07) is 4.23. The number of nitrogens with zero attached hydrogens (tertiary/aromatic N) is 1. The summed E-state index contributed by atoms with van der Waals surface area (Å²) in [5.41, 5.74) is -0.704. The van der Waals surface area contributed by atoms with Crippen molar-refractivity contribution in [3.05, 3.63) is 29.3 Å². The van der Waals surface area contributed by atoms with Gasteiger partial charge in [-0.15, -0.1) is 0 Å². The second kappa shape index (κ2) is 7.54. The van der Waals surface area contributed by atoms with Gasteiger partial charge in [0, 0.05) is 25.3 Å². The number of amides is 1. The van der Waals surface area contributed by atoms with Crippen molar-refractivity contribution in [2.24, 2.45) is 0 Å². The van der Waals surface area contributed by atoms with Crippen molar-refractivity contribution in [3.8, 4) is 0 Å². The van der Waals surface area contributed by atoms with Gasteiger partial charge < -0.3 is 15.0 Å². The number of rotatable bonds is 3. The van der Waals surface area contributed by atoms with Crippen molar-refractivity contribution in [2.45, 2.75) is 58.4 Å². The molecule has 1 N–H and O–H groups in total. The van der Waals surface area contributed by atoms with Crippen molar-refractivity contribution < 1.29 is 22.7 Å². The van der Waals surface area contributed by atoms with E-state index in [-0.39, 0.29) is 12.2 Å². The number of halogens is 3. The van der Waals surface area contributed by atoms with Gasteiger partial charge in [-0.2, -0.15) is 13.2 Å². The standard InChI is InChI=1S/C18H25F3N2O2/c1-17(2,3)25-16(24)22-12-13-7-8-15(14(11-13)18(19,20)21)23-9-5-4-6-10-23/h7-8,11H,4-6,9-10,12H2,1-3H3,(H,22,24). The molecular formula is C18H25F3N2O2. The minimum absolute atomic E-state index is 0.0156. The minimum Gasteiger partial charge on any atom is -0.444 e. The zero-order valence-electron chi connectivity index (χ0n) is 14.9. The first kappa shape index (κ1) is 19.4. The maximum absolute atomic E-state index is 13.5. The van der Waals surface area contributed by atoms with Crippen LogP contribution in [0.4, 0.5) is 23.7 Å². The number of alkyl halides is 3. The highest BCUT2D eigenvalue weighted by Crippen LogP contribution is 2.38. The molecule has 1 fully saturated rings. The van der Waals surface area contributed by atoms with E-state index >= 15 is 0 Å². The van der Waals surface area contributed by atoms with Crippen LogP contribution in [0.1, 0.15) is 51.2 Å². The predicted molar refractivity (Wildman–Crippen MR) is 90.6 cm³/mol. The van der Waals surface area contributed by atoms with E-state index in [1.54, 1.807) is 31.7 Å². The van der Waals surface area contributed by atoms with Gasteiger partial charge in [-0.05, 0) is 57.7 Å². The van der Waals surface area contributed by atoms with Crippen LogP contribution in [0.5, 0.6) is 0 Å². The van der Waals surface area contributed by atoms with Crippen LogP contribution >= 0.6 is 0 Å². The first-order chi connectivity index (χ1) is 11.6. The molecule has 1 saturated heterocycles. The Bertz CT molecular complexity index is 603. The van der Waals surface area contributed by atoms with Crippen molar-refractivity contribution >= 4 is 11.8 Å². The average Bonchev–Trinajstić information content (AvgIpc) is 2.51. The number of carbonyl (C=O) groups is 1. The lowest BCUT2D eigenvalue weighted by molar-refractivity contribution is -0.137. The molecule has 0 atom stereocenters. The summed E-state index contributed by atoms with van der Waals surface area (Å²) in [5.74, 6) is 0. The molecule has 0 radical (unpaired) electrons. The van der Waals surface area contributed by atoms with Crippen molar-refractivity contribution in [2.75, 3.05) is 18.0 Å². The summed E-state index contributed by atoms with van der Waals surface area (Å²) in [5, 5.41) is 2.49. The van der Waals surface area contributed by atoms with Crippen LogP contribution in [0.2, 0.25) is 0 Å². The van der Waals surface area contributed by atoms with Gasteiger partial charge in [-0.3, -0.25) is 0 Å². The van der Waals surface area contributed by atoms with Crippen LogP contribution in [0, 0.1) is 0 Å². The Kier molecular flexibility index (Phi) is 5.85. The molecular weight excluding hydrogens is 333 g/mol. The van der Waals surface area contributed by atoms with Gasteiger partial charge in [0.25, 0.3) is 0 Å². The van der Waals surface area contributed by atoms with Gasteiger partial charge in [0.1, 0.15) is 5.60 Å². The molecule has 1 aliphatic rings. The maximum Gasteiger partial charge on any atom is 0.418 e. The number of anilines is 1. The molecule has 1 aromatic carbocycles. The molecule has 1 heterocycles. The smallest absolute Gasteiger partial charge is 0.418 e. The Morgan fingerprint density at radius 1 is 1.16 bits per heavy atom. The first-order valence-electron chi connectivity index (χ1n) is 8.48. The molecule has 7 heteroatoms. The quantitative estimate of drug-likeness (QED) is 0.850. The fourth-order valence-electron chi connectivity index (χ4n) is 2.82. The molecule has 1 aliphatic heterocycles. The van der Waals surface area contributed by atoms with Crippen LogP contribution in [0.15, 0.2) is 18.2 Å². The van der Waals surface area contributed by atoms with Crippen molar-refractivity contribution in [1.29, 1.82) is 0 Å². The SMILES string of the molecule is CC(C)(C)OC(=O)NCc1ccc(N2CCCCC2)c(C(F)(F)F)c1. The monoisotopic (exact) mass is 358 g/mol. The summed E-state index contributed by atoms with van der Waals surface area (Å²) < 4.78 is 45.5. The van der Waals surface area contributed by atoms with E-state index in [9.17, 15) is 18.0 Å². The summed E-state index contributed by atoms with van der Waals surface area (Å²) in [7, 11) is 0. The third-order valence-corrected chi connectivity index (χ3v) is 3.90. The second-order valence-corrected chi connectivity index (χ2v) is 7.25. The predicted octanol–water partition coefficient (Wildman–Crippen LogP) is 4.72. The van der Waals surface area contributed by atoms with Gasteiger partial charge in [-0.1, -0.05) is 6.07 Å². The third kappa shape index (κ3) is 5.83. The maximum atomic E-state index is 13.5. The van der Waals surface area contributed by atoms with E-state index in [2.05, 4.69) is 5.32 Å². The number of benzene rings is 1. The Balaban J connectivity index is 2.14. The number of hydrogen-bond donors (Lipinski definition) is 1. The van der Waals surface area contributed by atoms with Crippen LogP contribution in [-0.2, 0) is 17.5 Å². The fraction of sp³-hybridized carbons (Fsp3) is 0.611. The van der Waals surface area contributed by atoms with Crippen LogP contribution < -0.4 is 10.2 Å². The lowest BCUT2D eigenvalue weighted by atomic mass is 10.0. The average molecular weight is 358 g/mol. The number of carbonyl (C=O) groups excluding carboxylic acids is 1. The second-order valence-electron chi connectivity index (χ2n) is 7.25. The number of ether oxygens (including phenoxy) is 1. The highest BCUT2D eigenvalue weighted by atomic mass is 19.4. The van der Waals surface area contributed by atoms with E-state index in [0.29, 0.717) is 18.7 Å². The molecule has 0 aromatic heterocycles. The van der Waals surface area contributed by atoms with E-state index in [4.69, 9.17) is 4.74 Å².